The number of rotatable bonds is 5. The number of piperidine rings is 1. The summed E-state index contributed by atoms with van der Waals surface area (Å²) < 4.78 is 7.44. The molecule has 3 rings (SSSR count). The van der Waals surface area contributed by atoms with Crippen molar-refractivity contribution in [2.24, 2.45) is 0 Å². The molecule has 1 aliphatic heterocycles. The van der Waals surface area contributed by atoms with Crippen LogP contribution >= 0.6 is 0 Å². The summed E-state index contributed by atoms with van der Waals surface area (Å²) in [7, 11) is 0. The van der Waals surface area contributed by atoms with Gasteiger partial charge < -0.3 is 9.64 Å². The highest BCUT2D eigenvalue weighted by Crippen LogP contribution is 2.20. The molecule has 1 aromatic carbocycles. The van der Waals surface area contributed by atoms with Crippen LogP contribution in [0.4, 0.5) is 0 Å². The van der Waals surface area contributed by atoms with Crippen LogP contribution in [0.1, 0.15) is 25.3 Å². The monoisotopic (exact) mass is 300 g/mol. The van der Waals surface area contributed by atoms with Crippen LogP contribution in [0.15, 0.2) is 43.0 Å². The van der Waals surface area contributed by atoms with Gasteiger partial charge in [0.05, 0.1) is 19.1 Å². The number of aromatic nitrogens is 3. The highest BCUT2D eigenvalue weighted by atomic mass is 16.5. The predicted molar refractivity (Wildman–Crippen MR) is 81.4 cm³/mol. The smallest absolute Gasteiger partial charge is 0.226 e. The third-order valence-electron chi connectivity index (χ3n) is 3.89. The number of hydrogen-bond donors (Lipinski definition) is 0. The number of carbonyl (C=O) groups is 1. The fourth-order valence-electron chi connectivity index (χ4n) is 2.73. The number of hydrogen-bond acceptors (Lipinski definition) is 4. The number of ether oxygens (including phenoxy) is 1. The molecule has 0 bridgehead atoms. The standard InChI is InChI=1S/C16H20N4O2/c21-16(8-10-22-15-6-2-1-3-7-15)19-9-4-5-14(11-19)20-13-17-12-18-20/h1-3,6-7,12-14H,4-5,8-11H2/t14-/m0/s1. The zero-order valence-electron chi connectivity index (χ0n) is 12.5. The fourth-order valence-corrected chi connectivity index (χ4v) is 2.73. The molecule has 1 aromatic heterocycles. The first kappa shape index (κ1) is 14.6. The maximum Gasteiger partial charge on any atom is 0.226 e. The van der Waals surface area contributed by atoms with E-state index >= 15 is 0 Å². The molecule has 116 valence electrons. The van der Waals surface area contributed by atoms with Gasteiger partial charge in [0.1, 0.15) is 18.4 Å². The molecule has 1 aliphatic rings. The predicted octanol–water partition coefficient (Wildman–Crippen LogP) is 1.91. The van der Waals surface area contributed by atoms with Gasteiger partial charge in [-0.3, -0.25) is 4.79 Å². The van der Waals surface area contributed by atoms with Crippen molar-refractivity contribution in [3.8, 4) is 5.75 Å². The van der Waals surface area contributed by atoms with Gasteiger partial charge in [-0.15, -0.1) is 0 Å². The normalized spacial score (nSPS) is 18.2. The molecule has 6 heteroatoms. The van der Waals surface area contributed by atoms with Crippen molar-refractivity contribution in [3.63, 3.8) is 0 Å². The van der Waals surface area contributed by atoms with Crippen molar-refractivity contribution in [1.29, 1.82) is 0 Å². The van der Waals surface area contributed by atoms with E-state index in [9.17, 15) is 4.79 Å². The lowest BCUT2D eigenvalue weighted by Crippen LogP contribution is -2.41. The van der Waals surface area contributed by atoms with Gasteiger partial charge in [0, 0.05) is 13.1 Å². The zero-order chi connectivity index (χ0) is 15.2. The van der Waals surface area contributed by atoms with E-state index in [1.165, 1.54) is 6.33 Å². The first-order chi connectivity index (χ1) is 10.8. The zero-order valence-corrected chi connectivity index (χ0v) is 12.5. The van der Waals surface area contributed by atoms with Gasteiger partial charge in [0.25, 0.3) is 0 Å². The highest BCUT2D eigenvalue weighted by molar-refractivity contribution is 5.76. The van der Waals surface area contributed by atoms with Crippen LogP contribution in [0.2, 0.25) is 0 Å². The Balaban J connectivity index is 1.47. The molecule has 2 heterocycles. The van der Waals surface area contributed by atoms with Gasteiger partial charge >= 0.3 is 0 Å². The summed E-state index contributed by atoms with van der Waals surface area (Å²) in [6.07, 6.45) is 5.69. The Morgan fingerprint density at radius 3 is 2.95 bits per heavy atom. The van der Waals surface area contributed by atoms with Crippen LogP contribution in [0, 0.1) is 0 Å². The second-order valence-electron chi connectivity index (χ2n) is 5.42. The van der Waals surface area contributed by atoms with E-state index in [1.807, 2.05) is 39.9 Å². The summed E-state index contributed by atoms with van der Waals surface area (Å²) in [5.41, 5.74) is 0. The lowest BCUT2D eigenvalue weighted by Gasteiger charge is -2.32. The van der Waals surface area contributed by atoms with Crippen molar-refractivity contribution < 1.29 is 9.53 Å². The number of carbonyl (C=O) groups excluding carboxylic acids is 1. The minimum absolute atomic E-state index is 0.140. The molecular weight excluding hydrogens is 280 g/mol. The molecule has 0 spiro atoms. The average Bonchev–Trinajstić information content (AvgIpc) is 3.10. The molecule has 1 amide bonds. The average molecular weight is 300 g/mol. The van der Waals surface area contributed by atoms with Crippen LogP contribution < -0.4 is 4.74 Å². The minimum atomic E-state index is 0.140. The Morgan fingerprint density at radius 1 is 1.32 bits per heavy atom. The summed E-state index contributed by atoms with van der Waals surface area (Å²) in [5.74, 6) is 0.940. The Labute approximate surface area is 129 Å². The number of likely N-dealkylation sites (tertiary alicyclic amines) is 1. The molecule has 0 unspecified atom stereocenters. The quantitative estimate of drug-likeness (QED) is 0.846. The Hall–Kier alpha value is -2.37. The second-order valence-corrected chi connectivity index (χ2v) is 5.42. The third kappa shape index (κ3) is 3.63. The van der Waals surface area contributed by atoms with E-state index in [2.05, 4.69) is 10.1 Å². The molecule has 6 nitrogen and oxygen atoms in total. The van der Waals surface area contributed by atoms with Crippen molar-refractivity contribution in [1.82, 2.24) is 19.7 Å². The topological polar surface area (TPSA) is 60.2 Å². The van der Waals surface area contributed by atoms with Crippen LogP contribution in [0.5, 0.6) is 5.75 Å². The number of amides is 1. The summed E-state index contributed by atoms with van der Waals surface area (Å²) >= 11 is 0. The van der Waals surface area contributed by atoms with Gasteiger partial charge in [-0.25, -0.2) is 9.67 Å². The molecule has 0 N–H and O–H groups in total. The molecule has 0 radical (unpaired) electrons. The molecule has 1 fully saturated rings. The van der Waals surface area contributed by atoms with Gasteiger partial charge in [-0.05, 0) is 25.0 Å². The van der Waals surface area contributed by atoms with E-state index in [-0.39, 0.29) is 11.9 Å². The summed E-state index contributed by atoms with van der Waals surface area (Å²) in [6, 6.07) is 9.80. The largest absolute Gasteiger partial charge is 0.493 e. The van der Waals surface area contributed by atoms with Crippen LogP contribution in [0.3, 0.4) is 0 Å². The highest BCUT2D eigenvalue weighted by Gasteiger charge is 2.24. The van der Waals surface area contributed by atoms with Crippen molar-refractivity contribution in [3.05, 3.63) is 43.0 Å². The second kappa shape index (κ2) is 7.06. The molecule has 1 atom stereocenters. The summed E-state index contributed by atoms with van der Waals surface area (Å²) in [6.45, 7) is 1.93. The molecule has 0 aliphatic carbocycles. The lowest BCUT2D eigenvalue weighted by molar-refractivity contribution is -0.133. The molecule has 1 saturated heterocycles. The summed E-state index contributed by atoms with van der Waals surface area (Å²) in [5, 5.41) is 4.18. The van der Waals surface area contributed by atoms with Crippen molar-refractivity contribution in [2.45, 2.75) is 25.3 Å². The first-order valence-corrected chi connectivity index (χ1v) is 7.62. The van der Waals surface area contributed by atoms with Crippen molar-refractivity contribution >= 4 is 5.91 Å². The molecule has 22 heavy (non-hydrogen) atoms. The van der Waals surface area contributed by atoms with Crippen LogP contribution in [-0.4, -0.2) is 45.3 Å². The van der Waals surface area contributed by atoms with Gasteiger partial charge in [-0.1, -0.05) is 18.2 Å². The van der Waals surface area contributed by atoms with Gasteiger partial charge in [-0.2, -0.15) is 5.10 Å². The maximum atomic E-state index is 12.3. The Kier molecular flexibility index (Phi) is 4.68. The Bertz CT molecular complexity index is 585. The van der Waals surface area contributed by atoms with E-state index in [0.29, 0.717) is 19.6 Å². The summed E-state index contributed by atoms with van der Waals surface area (Å²) in [4.78, 5) is 18.2. The first-order valence-electron chi connectivity index (χ1n) is 7.62. The molecule has 2 aromatic rings. The van der Waals surface area contributed by atoms with Crippen LogP contribution in [0.25, 0.3) is 0 Å². The van der Waals surface area contributed by atoms with Gasteiger partial charge in [0.15, 0.2) is 0 Å². The SMILES string of the molecule is O=C(CCOc1ccccc1)N1CCC[C@H](n2cncn2)C1. The lowest BCUT2D eigenvalue weighted by atomic mass is 10.1. The van der Waals surface area contributed by atoms with E-state index in [0.717, 1.165) is 25.1 Å². The van der Waals surface area contributed by atoms with Gasteiger partial charge in [0.2, 0.25) is 5.91 Å². The van der Waals surface area contributed by atoms with E-state index < -0.39 is 0 Å². The third-order valence-corrected chi connectivity index (χ3v) is 3.89. The van der Waals surface area contributed by atoms with Crippen LogP contribution in [-0.2, 0) is 4.79 Å². The number of para-hydroxylation sites is 1. The van der Waals surface area contributed by atoms with E-state index in [1.54, 1.807) is 6.33 Å². The van der Waals surface area contributed by atoms with E-state index in [4.69, 9.17) is 4.74 Å². The Morgan fingerprint density at radius 2 is 2.18 bits per heavy atom. The van der Waals surface area contributed by atoms with Crippen molar-refractivity contribution in [2.75, 3.05) is 19.7 Å². The minimum Gasteiger partial charge on any atom is -0.493 e. The molecule has 0 saturated carbocycles. The fraction of sp³-hybridized carbons (Fsp3) is 0.438. The number of benzene rings is 1. The molecular formula is C16H20N4O2. The maximum absolute atomic E-state index is 12.3. The number of nitrogens with zero attached hydrogens (tertiary/aromatic N) is 4.